The van der Waals surface area contributed by atoms with Gasteiger partial charge in [-0.3, -0.25) is 9.59 Å². The molecular formula is C14H23NO3. The summed E-state index contributed by atoms with van der Waals surface area (Å²) in [6, 6.07) is 0. The van der Waals surface area contributed by atoms with Crippen LogP contribution in [0.15, 0.2) is 12.8 Å². The van der Waals surface area contributed by atoms with Gasteiger partial charge in [-0.2, -0.15) is 0 Å². The van der Waals surface area contributed by atoms with Gasteiger partial charge in [-0.1, -0.05) is 13.0 Å². The number of hydrogen-bond acceptors (Lipinski definition) is 3. The average molecular weight is 253 g/mol. The highest BCUT2D eigenvalue weighted by Crippen LogP contribution is 2.22. The second kappa shape index (κ2) is 6.03. The van der Waals surface area contributed by atoms with E-state index < -0.39 is 5.60 Å². The van der Waals surface area contributed by atoms with Gasteiger partial charge in [0.2, 0.25) is 5.91 Å². The van der Waals surface area contributed by atoms with Gasteiger partial charge in [-0.15, -0.1) is 0 Å². The highest BCUT2D eigenvalue weighted by molar-refractivity contribution is 5.84. The lowest BCUT2D eigenvalue weighted by molar-refractivity contribution is -0.158. The molecule has 0 aromatic rings. The summed E-state index contributed by atoms with van der Waals surface area (Å²) < 4.78 is 5.26. The van der Waals surface area contributed by atoms with Gasteiger partial charge in [0, 0.05) is 12.5 Å². The van der Waals surface area contributed by atoms with Crippen molar-refractivity contribution in [2.24, 2.45) is 5.92 Å². The van der Waals surface area contributed by atoms with Crippen molar-refractivity contribution < 1.29 is 14.3 Å². The van der Waals surface area contributed by atoms with Crippen molar-refractivity contribution in [3.8, 4) is 0 Å². The van der Waals surface area contributed by atoms with Gasteiger partial charge in [0.05, 0.1) is 6.42 Å². The lowest BCUT2D eigenvalue weighted by atomic mass is 9.98. The Morgan fingerprint density at radius 2 is 2.17 bits per heavy atom. The number of nitrogens with zero attached hydrogens (tertiary/aromatic N) is 1. The Hall–Kier alpha value is -1.32. The molecule has 0 aliphatic carbocycles. The van der Waals surface area contributed by atoms with Crippen LogP contribution in [-0.2, 0) is 14.3 Å². The van der Waals surface area contributed by atoms with Gasteiger partial charge in [0.1, 0.15) is 5.60 Å². The number of amides is 1. The molecule has 102 valence electrons. The number of carbonyl (C=O) groups is 2. The first-order chi connectivity index (χ1) is 8.33. The maximum atomic E-state index is 12.1. The molecule has 1 saturated heterocycles. The lowest BCUT2D eigenvalue weighted by Gasteiger charge is -2.23. The molecule has 0 bridgehead atoms. The van der Waals surface area contributed by atoms with Crippen LogP contribution in [0, 0.1) is 5.92 Å². The van der Waals surface area contributed by atoms with Crippen LogP contribution in [0.2, 0.25) is 0 Å². The summed E-state index contributed by atoms with van der Waals surface area (Å²) in [7, 11) is 0. The summed E-state index contributed by atoms with van der Waals surface area (Å²) in [5.74, 6) is -0.569. The first-order valence-corrected chi connectivity index (χ1v) is 6.48. The zero-order valence-electron chi connectivity index (χ0n) is 11.6. The molecule has 0 N–H and O–H groups in total. The molecule has 4 heteroatoms. The molecule has 0 spiro atoms. The van der Waals surface area contributed by atoms with E-state index >= 15 is 0 Å². The van der Waals surface area contributed by atoms with E-state index in [9.17, 15) is 9.59 Å². The van der Waals surface area contributed by atoms with E-state index in [-0.39, 0.29) is 24.2 Å². The summed E-state index contributed by atoms with van der Waals surface area (Å²) in [6.45, 7) is 9.83. The molecule has 1 rings (SSSR count). The van der Waals surface area contributed by atoms with E-state index in [0.29, 0.717) is 6.54 Å². The van der Waals surface area contributed by atoms with Crippen molar-refractivity contribution in [1.29, 1.82) is 0 Å². The third-order valence-electron chi connectivity index (χ3n) is 2.89. The third kappa shape index (κ3) is 4.51. The fraction of sp³-hybridized carbons (Fsp3) is 0.714. The van der Waals surface area contributed by atoms with Crippen LogP contribution >= 0.6 is 0 Å². The molecule has 0 radical (unpaired) electrons. The number of likely N-dealkylation sites (tertiary alicyclic amines) is 1. The van der Waals surface area contributed by atoms with Crippen molar-refractivity contribution in [3.63, 3.8) is 0 Å². The van der Waals surface area contributed by atoms with E-state index in [4.69, 9.17) is 4.74 Å². The SMILES string of the molecule is C=CN1CCCCC(CC(=O)OC(C)(C)C)C1=O. The number of carbonyl (C=O) groups excluding carboxylic acids is 2. The van der Waals surface area contributed by atoms with Crippen LogP contribution in [-0.4, -0.2) is 28.9 Å². The minimum Gasteiger partial charge on any atom is -0.460 e. The molecule has 1 heterocycles. The van der Waals surface area contributed by atoms with Crippen LogP contribution in [0.1, 0.15) is 46.5 Å². The summed E-state index contributed by atoms with van der Waals surface area (Å²) in [4.78, 5) is 25.5. The minimum absolute atomic E-state index is 0.00615. The second-order valence-electron chi connectivity index (χ2n) is 5.70. The summed E-state index contributed by atoms with van der Waals surface area (Å²) in [5, 5.41) is 0. The Morgan fingerprint density at radius 3 is 2.72 bits per heavy atom. The van der Waals surface area contributed by atoms with E-state index in [1.54, 1.807) is 11.1 Å². The number of hydrogen-bond donors (Lipinski definition) is 0. The summed E-state index contributed by atoms with van der Waals surface area (Å²) >= 11 is 0. The summed E-state index contributed by atoms with van der Waals surface area (Å²) in [5.41, 5.74) is -0.497. The van der Waals surface area contributed by atoms with Gasteiger partial charge < -0.3 is 9.64 Å². The Labute approximate surface area is 109 Å². The Morgan fingerprint density at radius 1 is 1.50 bits per heavy atom. The van der Waals surface area contributed by atoms with Crippen molar-refractivity contribution in [1.82, 2.24) is 4.90 Å². The number of rotatable bonds is 3. The molecular weight excluding hydrogens is 230 g/mol. The topological polar surface area (TPSA) is 46.6 Å². The predicted molar refractivity (Wildman–Crippen MR) is 69.7 cm³/mol. The third-order valence-corrected chi connectivity index (χ3v) is 2.89. The maximum Gasteiger partial charge on any atom is 0.307 e. The minimum atomic E-state index is -0.497. The summed E-state index contributed by atoms with van der Waals surface area (Å²) in [6.07, 6.45) is 4.39. The molecule has 0 aromatic carbocycles. The molecule has 0 aromatic heterocycles. The molecule has 0 saturated carbocycles. The van der Waals surface area contributed by atoms with Gasteiger partial charge in [-0.25, -0.2) is 0 Å². The molecule has 1 amide bonds. The maximum absolute atomic E-state index is 12.1. The molecule has 1 fully saturated rings. The predicted octanol–water partition coefficient (Wildman–Crippen LogP) is 2.49. The van der Waals surface area contributed by atoms with Crippen molar-refractivity contribution in [2.45, 2.75) is 52.1 Å². The first-order valence-electron chi connectivity index (χ1n) is 6.48. The van der Waals surface area contributed by atoms with Crippen LogP contribution in [0.4, 0.5) is 0 Å². The van der Waals surface area contributed by atoms with Crippen molar-refractivity contribution >= 4 is 11.9 Å². The Bertz CT molecular complexity index is 330. The molecule has 1 unspecified atom stereocenters. The molecule has 4 nitrogen and oxygen atoms in total. The average Bonchev–Trinajstić information content (AvgIpc) is 2.39. The van der Waals surface area contributed by atoms with E-state index in [0.717, 1.165) is 19.3 Å². The standard InChI is InChI=1S/C14H23NO3/c1-5-15-9-7-6-8-11(13(15)17)10-12(16)18-14(2,3)4/h5,11H,1,6-10H2,2-4H3. The number of ether oxygens (including phenoxy) is 1. The molecule has 18 heavy (non-hydrogen) atoms. The van der Waals surface area contributed by atoms with Gasteiger partial charge in [0.15, 0.2) is 0 Å². The zero-order chi connectivity index (χ0) is 13.8. The quantitative estimate of drug-likeness (QED) is 0.726. The van der Waals surface area contributed by atoms with Gasteiger partial charge in [0.25, 0.3) is 0 Å². The van der Waals surface area contributed by atoms with Crippen LogP contribution < -0.4 is 0 Å². The zero-order valence-corrected chi connectivity index (χ0v) is 11.6. The first kappa shape index (κ1) is 14.7. The number of esters is 1. The highest BCUT2D eigenvalue weighted by atomic mass is 16.6. The highest BCUT2D eigenvalue weighted by Gasteiger charge is 2.29. The Kier molecular flexibility index (Phi) is 4.93. The second-order valence-corrected chi connectivity index (χ2v) is 5.70. The fourth-order valence-corrected chi connectivity index (χ4v) is 2.10. The van der Waals surface area contributed by atoms with Crippen LogP contribution in [0.3, 0.4) is 0 Å². The normalized spacial score (nSPS) is 21.4. The lowest BCUT2D eigenvalue weighted by Crippen LogP contribution is -2.33. The molecule has 1 aliphatic heterocycles. The molecule has 1 aliphatic rings. The van der Waals surface area contributed by atoms with E-state index in [1.165, 1.54) is 0 Å². The van der Waals surface area contributed by atoms with E-state index in [2.05, 4.69) is 6.58 Å². The van der Waals surface area contributed by atoms with Crippen molar-refractivity contribution in [3.05, 3.63) is 12.8 Å². The monoisotopic (exact) mass is 253 g/mol. The van der Waals surface area contributed by atoms with Crippen molar-refractivity contribution in [2.75, 3.05) is 6.54 Å². The fourth-order valence-electron chi connectivity index (χ4n) is 2.10. The van der Waals surface area contributed by atoms with Crippen LogP contribution in [0.25, 0.3) is 0 Å². The molecule has 1 atom stereocenters. The van der Waals surface area contributed by atoms with Crippen LogP contribution in [0.5, 0.6) is 0 Å². The smallest absolute Gasteiger partial charge is 0.307 e. The van der Waals surface area contributed by atoms with Gasteiger partial charge >= 0.3 is 5.97 Å². The largest absolute Gasteiger partial charge is 0.460 e. The Balaban J connectivity index is 2.61. The van der Waals surface area contributed by atoms with E-state index in [1.807, 2.05) is 20.8 Å². The van der Waals surface area contributed by atoms with Gasteiger partial charge in [-0.05, 0) is 39.8 Å².